The number of nitrogens with two attached hydrogens (primary N) is 1. The molecule has 10 heteroatoms. The van der Waals surface area contributed by atoms with Crippen LogP contribution < -0.4 is 16.6 Å². The predicted octanol–water partition coefficient (Wildman–Crippen LogP) is 3.10. The Morgan fingerprint density at radius 1 is 1.15 bits per heavy atom. The average Bonchev–Trinajstić information content (AvgIpc) is 3.11. The van der Waals surface area contributed by atoms with Crippen LogP contribution in [0.5, 0.6) is 0 Å². The SMILES string of the molecule is Cc1ccc(Nc2nc(N)nc(CSc3nc4sccc4c(=O)[nH]3)n2)cc1. The van der Waals surface area contributed by atoms with Gasteiger partial charge in [0.15, 0.2) is 5.16 Å². The Bertz CT molecular complexity index is 1150. The largest absolute Gasteiger partial charge is 0.368 e. The molecule has 4 N–H and O–H groups in total. The number of thioether (sulfide) groups is 1. The molecule has 3 heterocycles. The summed E-state index contributed by atoms with van der Waals surface area (Å²) in [7, 11) is 0. The first-order valence-corrected chi connectivity index (χ1v) is 9.88. The van der Waals surface area contributed by atoms with Gasteiger partial charge in [0.25, 0.3) is 5.56 Å². The van der Waals surface area contributed by atoms with Crippen LogP contribution in [-0.4, -0.2) is 24.9 Å². The van der Waals surface area contributed by atoms with Crippen molar-refractivity contribution >= 4 is 50.9 Å². The number of aromatic nitrogens is 5. The quantitative estimate of drug-likeness (QED) is 0.347. The first-order valence-electron chi connectivity index (χ1n) is 8.01. The second-order valence-corrected chi connectivity index (χ2v) is 7.58. The Labute approximate surface area is 162 Å². The molecule has 1 aromatic carbocycles. The maximum atomic E-state index is 12.0. The Hall–Kier alpha value is -2.98. The number of hydrogen-bond donors (Lipinski definition) is 3. The van der Waals surface area contributed by atoms with Crippen molar-refractivity contribution in [3.63, 3.8) is 0 Å². The summed E-state index contributed by atoms with van der Waals surface area (Å²) in [6.45, 7) is 2.02. The van der Waals surface area contributed by atoms with Gasteiger partial charge in [-0.25, -0.2) is 4.98 Å². The smallest absolute Gasteiger partial charge is 0.260 e. The maximum absolute atomic E-state index is 12.0. The fourth-order valence-electron chi connectivity index (χ4n) is 2.37. The average molecular weight is 397 g/mol. The van der Waals surface area contributed by atoms with Crippen LogP contribution in [0, 0.1) is 6.92 Å². The fourth-order valence-corrected chi connectivity index (χ4v) is 3.91. The van der Waals surface area contributed by atoms with Gasteiger partial charge in [-0.2, -0.15) is 15.0 Å². The molecule has 4 rings (SSSR count). The third kappa shape index (κ3) is 4.07. The second kappa shape index (κ2) is 7.33. The van der Waals surface area contributed by atoms with Gasteiger partial charge in [-0.1, -0.05) is 29.5 Å². The summed E-state index contributed by atoms with van der Waals surface area (Å²) in [6.07, 6.45) is 0. The topological polar surface area (TPSA) is 122 Å². The van der Waals surface area contributed by atoms with Gasteiger partial charge >= 0.3 is 0 Å². The Morgan fingerprint density at radius 3 is 2.78 bits per heavy atom. The number of benzene rings is 1. The van der Waals surface area contributed by atoms with Crippen LogP contribution in [-0.2, 0) is 5.75 Å². The molecule has 0 aliphatic heterocycles. The molecule has 27 heavy (non-hydrogen) atoms. The number of anilines is 3. The van der Waals surface area contributed by atoms with Gasteiger partial charge in [-0.15, -0.1) is 11.3 Å². The molecule has 0 spiro atoms. The molecule has 0 saturated heterocycles. The van der Waals surface area contributed by atoms with Crippen LogP contribution in [0.25, 0.3) is 10.2 Å². The van der Waals surface area contributed by atoms with Crippen molar-refractivity contribution < 1.29 is 0 Å². The molecule has 136 valence electrons. The van der Waals surface area contributed by atoms with Gasteiger partial charge in [-0.3, -0.25) is 4.79 Å². The highest BCUT2D eigenvalue weighted by Crippen LogP contribution is 2.22. The first kappa shape index (κ1) is 17.4. The summed E-state index contributed by atoms with van der Waals surface area (Å²) < 4.78 is 0. The number of aromatic amines is 1. The number of nitrogens with one attached hydrogen (secondary N) is 2. The van der Waals surface area contributed by atoms with Crippen molar-refractivity contribution in [3.8, 4) is 0 Å². The lowest BCUT2D eigenvalue weighted by molar-refractivity contribution is 0.957. The van der Waals surface area contributed by atoms with E-state index in [1.165, 1.54) is 23.1 Å². The Kier molecular flexibility index (Phi) is 4.73. The van der Waals surface area contributed by atoms with Crippen molar-refractivity contribution in [2.45, 2.75) is 17.8 Å². The number of fused-ring (bicyclic) bond motifs is 1. The summed E-state index contributed by atoms with van der Waals surface area (Å²) >= 11 is 2.76. The van der Waals surface area contributed by atoms with Crippen molar-refractivity contribution in [1.82, 2.24) is 24.9 Å². The summed E-state index contributed by atoms with van der Waals surface area (Å²) in [4.78, 5) is 32.6. The Morgan fingerprint density at radius 2 is 1.96 bits per heavy atom. The maximum Gasteiger partial charge on any atom is 0.260 e. The standard InChI is InChI=1S/C17H15N7OS2/c1-9-2-4-10(5-3-9)19-16-21-12(20-15(18)24-16)8-27-17-22-13(25)11-6-7-26-14(11)23-17/h2-7H,8H2,1H3,(H,22,23,25)(H3,18,19,20,21,24). The zero-order valence-electron chi connectivity index (χ0n) is 14.3. The third-order valence-corrected chi connectivity index (χ3v) is 5.33. The van der Waals surface area contributed by atoms with Crippen LogP contribution in [0.3, 0.4) is 0 Å². The summed E-state index contributed by atoms with van der Waals surface area (Å²) in [6, 6.07) is 9.62. The molecule has 3 aromatic heterocycles. The number of thiophene rings is 1. The molecular formula is C17H15N7OS2. The number of hydrogen-bond acceptors (Lipinski definition) is 9. The number of nitrogen functional groups attached to an aromatic ring is 1. The normalized spacial score (nSPS) is 11.0. The van der Waals surface area contributed by atoms with Crippen molar-refractivity contribution in [2.75, 3.05) is 11.1 Å². The highest BCUT2D eigenvalue weighted by atomic mass is 32.2. The minimum Gasteiger partial charge on any atom is -0.368 e. The van der Waals surface area contributed by atoms with Crippen LogP contribution in [0.2, 0.25) is 0 Å². The molecule has 0 aliphatic rings. The molecule has 0 saturated carbocycles. The lowest BCUT2D eigenvalue weighted by atomic mass is 10.2. The van der Waals surface area contributed by atoms with Crippen LogP contribution in [0.15, 0.2) is 45.7 Å². The zero-order chi connectivity index (χ0) is 18.8. The molecule has 0 radical (unpaired) electrons. The predicted molar refractivity (Wildman–Crippen MR) is 109 cm³/mol. The van der Waals surface area contributed by atoms with Crippen LogP contribution in [0.1, 0.15) is 11.4 Å². The summed E-state index contributed by atoms with van der Waals surface area (Å²) in [5, 5.41) is 6.07. The first-order chi connectivity index (χ1) is 13.1. The van der Waals surface area contributed by atoms with E-state index in [1.807, 2.05) is 36.6 Å². The third-order valence-electron chi connectivity index (χ3n) is 3.66. The van der Waals surface area contributed by atoms with Crippen LogP contribution >= 0.6 is 23.1 Å². The molecule has 0 amide bonds. The van der Waals surface area contributed by atoms with E-state index in [9.17, 15) is 4.79 Å². The summed E-state index contributed by atoms with van der Waals surface area (Å²) in [5.41, 5.74) is 7.68. The van der Waals surface area contributed by atoms with Gasteiger partial charge < -0.3 is 16.0 Å². The fraction of sp³-hybridized carbons (Fsp3) is 0.118. The molecule has 0 atom stereocenters. The number of aryl methyl sites for hydroxylation is 1. The van der Waals surface area contributed by atoms with Gasteiger partial charge in [0.1, 0.15) is 10.7 Å². The molecule has 0 bridgehead atoms. The van der Waals surface area contributed by atoms with Crippen molar-refractivity contribution in [2.24, 2.45) is 0 Å². The van der Waals surface area contributed by atoms with Gasteiger partial charge in [0.2, 0.25) is 11.9 Å². The van der Waals surface area contributed by atoms with E-state index in [4.69, 9.17) is 5.73 Å². The van der Waals surface area contributed by atoms with E-state index < -0.39 is 0 Å². The van der Waals surface area contributed by atoms with E-state index in [2.05, 4.69) is 30.2 Å². The van der Waals surface area contributed by atoms with E-state index in [-0.39, 0.29) is 11.5 Å². The second-order valence-electron chi connectivity index (χ2n) is 5.72. The highest BCUT2D eigenvalue weighted by molar-refractivity contribution is 7.98. The molecule has 0 fully saturated rings. The highest BCUT2D eigenvalue weighted by Gasteiger charge is 2.09. The summed E-state index contributed by atoms with van der Waals surface area (Å²) in [5.74, 6) is 1.40. The molecule has 4 aromatic rings. The zero-order valence-corrected chi connectivity index (χ0v) is 15.9. The molecule has 0 aliphatic carbocycles. The lowest BCUT2D eigenvalue weighted by Gasteiger charge is -2.07. The molecular weight excluding hydrogens is 382 g/mol. The van der Waals surface area contributed by atoms with E-state index in [0.717, 1.165) is 11.3 Å². The molecule has 8 nitrogen and oxygen atoms in total. The molecule has 0 unspecified atom stereocenters. The van der Waals surface area contributed by atoms with Gasteiger partial charge in [0.05, 0.1) is 11.1 Å². The van der Waals surface area contributed by atoms with E-state index in [1.54, 1.807) is 6.07 Å². The monoisotopic (exact) mass is 397 g/mol. The van der Waals surface area contributed by atoms with Crippen LogP contribution in [0.4, 0.5) is 17.6 Å². The minimum absolute atomic E-state index is 0.130. The minimum atomic E-state index is -0.152. The lowest BCUT2D eigenvalue weighted by Crippen LogP contribution is -2.09. The number of rotatable bonds is 5. The number of nitrogens with zero attached hydrogens (tertiary/aromatic N) is 4. The Balaban J connectivity index is 1.52. The van der Waals surface area contributed by atoms with Gasteiger partial charge in [-0.05, 0) is 30.5 Å². The van der Waals surface area contributed by atoms with E-state index >= 15 is 0 Å². The number of H-pyrrole nitrogens is 1. The van der Waals surface area contributed by atoms with E-state index in [0.29, 0.717) is 32.9 Å². The van der Waals surface area contributed by atoms with Gasteiger partial charge in [0, 0.05) is 5.69 Å². The van der Waals surface area contributed by atoms with Crippen molar-refractivity contribution in [1.29, 1.82) is 0 Å². The van der Waals surface area contributed by atoms with Crippen molar-refractivity contribution in [3.05, 3.63) is 57.5 Å².